The van der Waals surface area contributed by atoms with Gasteiger partial charge in [0.05, 0.1) is 17.1 Å². The number of benzene rings is 1. The van der Waals surface area contributed by atoms with E-state index >= 15 is 0 Å². The van der Waals surface area contributed by atoms with Gasteiger partial charge in [-0.2, -0.15) is 0 Å². The topological polar surface area (TPSA) is 72.6 Å². The first-order valence-corrected chi connectivity index (χ1v) is 6.10. The van der Waals surface area contributed by atoms with Crippen LogP contribution < -0.4 is 0 Å². The Morgan fingerprint density at radius 3 is 2.88 bits per heavy atom. The van der Waals surface area contributed by atoms with Gasteiger partial charge < -0.3 is 9.84 Å². The molecule has 1 saturated heterocycles. The molecule has 0 aliphatic carbocycles. The van der Waals surface area contributed by atoms with Crippen molar-refractivity contribution in [3.63, 3.8) is 0 Å². The molecule has 5 nitrogen and oxygen atoms in total. The van der Waals surface area contributed by atoms with Gasteiger partial charge in [-0.1, -0.05) is 15.9 Å². The lowest BCUT2D eigenvalue weighted by molar-refractivity contribution is -0.385. The molecule has 92 valence electrons. The van der Waals surface area contributed by atoms with Crippen molar-refractivity contribution in [1.82, 2.24) is 0 Å². The van der Waals surface area contributed by atoms with Gasteiger partial charge in [0.2, 0.25) is 0 Å². The normalized spacial score (nSPS) is 24.6. The maximum atomic E-state index is 10.7. The summed E-state index contributed by atoms with van der Waals surface area (Å²) in [6.07, 6.45) is 0.432. The van der Waals surface area contributed by atoms with Crippen LogP contribution in [0.1, 0.15) is 24.5 Å². The summed E-state index contributed by atoms with van der Waals surface area (Å²) in [7, 11) is 0. The standard InChI is InChI=1S/C11H12BrNO4/c12-8-3-7(4-9(5-8)13(15)16)11-6-10(14)1-2-17-11/h3-5,10-11,14H,1-2,6H2. The summed E-state index contributed by atoms with van der Waals surface area (Å²) < 4.78 is 6.16. The number of aliphatic hydroxyl groups is 1. The molecule has 0 amide bonds. The van der Waals surface area contributed by atoms with Crippen LogP contribution in [0.4, 0.5) is 5.69 Å². The highest BCUT2D eigenvalue weighted by Gasteiger charge is 2.24. The van der Waals surface area contributed by atoms with Crippen LogP contribution in [0.25, 0.3) is 0 Å². The molecule has 0 bridgehead atoms. The van der Waals surface area contributed by atoms with Gasteiger partial charge in [0.1, 0.15) is 0 Å². The molecule has 1 fully saturated rings. The molecule has 1 aromatic rings. The molecule has 1 heterocycles. The average Bonchev–Trinajstić information content (AvgIpc) is 2.28. The minimum absolute atomic E-state index is 0.0260. The van der Waals surface area contributed by atoms with Gasteiger partial charge in [-0.15, -0.1) is 0 Å². The highest BCUT2D eigenvalue weighted by Crippen LogP contribution is 2.32. The van der Waals surface area contributed by atoms with Crippen molar-refractivity contribution in [3.8, 4) is 0 Å². The number of halogens is 1. The van der Waals surface area contributed by atoms with E-state index in [9.17, 15) is 15.2 Å². The molecule has 0 saturated carbocycles. The Morgan fingerprint density at radius 1 is 1.47 bits per heavy atom. The average molecular weight is 302 g/mol. The summed E-state index contributed by atoms with van der Waals surface area (Å²) in [6.45, 7) is 0.478. The molecule has 0 radical (unpaired) electrons. The van der Waals surface area contributed by atoms with Crippen molar-refractivity contribution >= 4 is 21.6 Å². The molecule has 2 rings (SSSR count). The second-order valence-corrected chi connectivity index (χ2v) is 4.95. The summed E-state index contributed by atoms with van der Waals surface area (Å²) in [5.74, 6) is 0. The predicted molar refractivity (Wildman–Crippen MR) is 64.7 cm³/mol. The fourth-order valence-corrected chi connectivity index (χ4v) is 2.40. The molecule has 1 aliphatic rings. The van der Waals surface area contributed by atoms with E-state index in [1.54, 1.807) is 6.07 Å². The third-order valence-electron chi connectivity index (χ3n) is 2.74. The monoisotopic (exact) mass is 301 g/mol. The van der Waals surface area contributed by atoms with Gasteiger partial charge in [-0.05, 0) is 18.1 Å². The number of rotatable bonds is 2. The molecule has 1 aliphatic heterocycles. The Bertz CT molecular complexity index is 437. The Labute approximate surface area is 107 Å². The predicted octanol–water partition coefficient (Wildman–Crippen LogP) is 2.57. The van der Waals surface area contributed by atoms with Gasteiger partial charge in [-0.3, -0.25) is 10.1 Å². The van der Waals surface area contributed by atoms with Crippen molar-refractivity contribution < 1.29 is 14.8 Å². The number of non-ortho nitro benzene ring substituents is 1. The highest BCUT2D eigenvalue weighted by atomic mass is 79.9. The number of ether oxygens (including phenoxy) is 1. The van der Waals surface area contributed by atoms with Crippen molar-refractivity contribution in [2.45, 2.75) is 25.0 Å². The zero-order valence-corrected chi connectivity index (χ0v) is 10.6. The highest BCUT2D eigenvalue weighted by molar-refractivity contribution is 9.10. The lowest BCUT2D eigenvalue weighted by atomic mass is 9.99. The molecule has 17 heavy (non-hydrogen) atoms. The Kier molecular flexibility index (Phi) is 3.76. The first-order chi connectivity index (χ1) is 8.06. The summed E-state index contributed by atoms with van der Waals surface area (Å²) in [5.41, 5.74) is 0.753. The van der Waals surface area contributed by atoms with E-state index in [4.69, 9.17) is 4.74 Å². The maximum absolute atomic E-state index is 10.7. The largest absolute Gasteiger partial charge is 0.393 e. The molecule has 0 spiro atoms. The number of nitro groups is 1. The van der Waals surface area contributed by atoms with Crippen LogP contribution in [0.3, 0.4) is 0 Å². The van der Waals surface area contributed by atoms with Crippen LogP contribution in [0.5, 0.6) is 0 Å². The Hall–Kier alpha value is -0.980. The summed E-state index contributed by atoms with van der Waals surface area (Å²) in [6, 6.07) is 4.73. The number of hydrogen-bond donors (Lipinski definition) is 1. The minimum Gasteiger partial charge on any atom is -0.393 e. The quantitative estimate of drug-likeness (QED) is 0.673. The summed E-state index contributed by atoms with van der Waals surface area (Å²) in [4.78, 5) is 10.3. The van der Waals surface area contributed by atoms with Gasteiger partial charge >= 0.3 is 0 Å². The van der Waals surface area contributed by atoms with E-state index in [2.05, 4.69) is 15.9 Å². The number of nitrogens with zero attached hydrogens (tertiary/aromatic N) is 1. The van der Waals surface area contributed by atoms with Crippen LogP contribution in [-0.4, -0.2) is 22.7 Å². The van der Waals surface area contributed by atoms with E-state index in [-0.39, 0.29) is 11.8 Å². The third-order valence-corrected chi connectivity index (χ3v) is 3.20. The van der Waals surface area contributed by atoms with Crippen molar-refractivity contribution in [2.24, 2.45) is 0 Å². The van der Waals surface area contributed by atoms with Crippen molar-refractivity contribution in [3.05, 3.63) is 38.3 Å². The Balaban J connectivity index is 2.28. The molecule has 2 unspecified atom stereocenters. The van der Waals surface area contributed by atoms with Crippen LogP contribution in [0, 0.1) is 10.1 Å². The lowest BCUT2D eigenvalue weighted by Gasteiger charge is -2.26. The smallest absolute Gasteiger partial charge is 0.270 e. The number of hydrogen-bond acceptors (Lipinski definition) is 4. The summed E-state index contributed by atoms with van der Waals surface area (Å²) in [5, 5.41) is 20.3. The molecular formula is C11H12BrNO4. The molecule has 1 N–H and O–H groups in total. The zero-order valence-electron chi connectivity index (χ0n) is 9.01. The lowest BCUT2D eigenvalue weighted by Crippen LogP contribution is -2.23. The van der Waals surface area contributed by atoms with Crippen molar-refractivity contribution in [1.29, 1.82) is 0 Å². The van der Waals surface area contributed by atoms with Gasteiger partial charge in [0.25, 0.3) is 5.69 Å². The first kappa shape index (κ1) is 12.5. The first-order valence-electron chi connectivity index (χ1n) is 5.31. The van der Waals surface area contributed by atoms with E-state index in [0.717, 1.165) is 5.56 Å². The second-order valence-electron chi connectivity index (χ2n) is 4.04. The maximum Gasteiger partial charge on any atom is 0.270 e. The van der Waals surface area contributed by atoms with Crippen LogP contribution in [-0.2, 0) is 4.74 Å². The van der Waals surface area contributed by atoms with E-state index in [1.165, 1.54) is 12.1 Å². The van der Waals surface area contributed by atoms with Crippen molar-refractivity contribution in [2.75, 3.05) is 6.61 Å². The Morgan fingerprint density at radius 2 is 2.24 bits per heavy atom. The minimum atomic E-state index is -0.437. The van der Waals surface area contributed by atoms with E-state index < -0.39 is 11.0 Å². The fraction of sp³-hybridized carbons (Fsp3) is 0.455. The fourth-order valence-electron chi connectivity index (χ4n) is 1.90. The zero-order chi connectivity index (χ0) is 12.4. The van der Waals surface area contributed by atoms with Gasteiger partial charge in [-0.25, -0.2) is 0 Å². The van der Waals surface area contributed by atoms with Gasteiger partial charge in [0.15, 0.2) is 0 Å². The molecule has 0 aromatic heterocycles. The van der Waals surface area contributed by atoms with E-state index in [0.29, 0.717) is 23.9 Å². The number of nitro benzene ring substituents is 1. The van der Waals surface area contributed by atoms with Crippen LogP contribution in [0.15, 0.2) is 22.7 Å². The molecule has 2 atom stereocenters. The van der Waals surface area contributed by atoms with Gasteiger partial charge in [0, 0.05) is 29.6 Å². The van der Waals surface area contributed by atoms with Crippen LogP contribution >= 0.6 is 15.9 Å². The molecular weight excluding hydrogens is 290 g/mol. The third kappa shape index (κ3) is 3.02. The second kappa shape index (κ2) is 5.12. The number of aliphatic hydroxyl groups excluding tert-OH is 1. The molecule has 1 aromatic carbocycles. The van der Waals surface area contributed by atoms with Crippen LogP contribution in [0.2, 0.25) is 0 Å². The summed E-state index contributed by atoms with van der Waals surface area (Å²) >= 11 is 3.24. The molecule has 6 heteroatoms. The van der Waals surface area contributed by atoms with E-state index in [1.807, 2.05) is 0 Å². The SMILES string of the molecule is O=[N+]([O-])c1cc(Br)cc(C2CC(O)CCO2)c1.